The molecule has 1 unspecified atom stereocenters. The van der Waals surface area contributed by atoms with Gasteiger partial charge in [-0.05, 0) is 6.42 Å². The zero-order valence-corrected chi connectivity index (χ0v) is 9.99. The molecular weight excluding hydrogens is 202 g/mol. The van der Waals surface area contributed by atoms with E-state index in [1.807, 2.05) is 0 Å². The molecule has 0 bridgehead atoms. The molecule has 2 rings (SSSR count). The number of ether oxygens (including phenoxy) is 1. The van der Waals surface area contributed by atoms with Gasteiger partial charge in [-0.2, -0.15) is 0 Å². The minimum atomic E-state index is 0.441. The number of nitrogens with zero attached hydrogens (tertiary/aromatic N) is 2. The molecule has 0 aliphatic carbocycles. The molecule has 16 heavy (non-hydrogen) atoms. The summed E-state index contributed by atoms with van der Waals surface area (Å²) in [5.74, 6) is 0.441. The van der Waals surface area contributed by atoms with Crippen molar-refractivity contribution in [2.24, 2.45) is 0 Å². The van der Waals surface area contributed by atoms with Crippen LogP contribution < -0.4 is 5.32 Å². The number of rotatable bonds is 4. The van der Waals surface area contributed by atoms with Crippen LogP contribution in [0.15, 0.2) is 6.33 Å². The van der Waals surface area contributed by atoms with Gasteiger partial charge in [-0.1, -0.05) is 6.92 Å². The first-order valence-corrected chi connectivity index (χ1v) is 5.85. The van der Waals surface area contributed by atoms with Crippen LogP contribution in [0.1, 0.15) is 36.2 Å². The Kier molecular flexibility index (Phi) is 3.85. The zero-order chi connectivity index (χ0) is 11.4. The highest BCUT2D eigenvalue weighted by molar-refractivity contribution is 5.29. The Labute approximate surface area is 96.4 Å². The maximum absolute atomic E-state index is 5.12. The van der Waals surface area contributed by atoms with Gasteiger partial charge in [0.25, 0.3) is 0 Å². The van der Waals surface area contributed by atoms with Gasteiger partial charge in [-0.25, -0.2) is 9.97 Å². The summed E-state index contributed by atoms with van der Waals surface area (Å²) in [6.45, 7) is 4.92. The second-order valence-corrected chi connectivity index (χ2v) is 4.29. The minimum absolute atomic E-state index is 0.441. The minimum Gasteiger partial charge on any atom is -0.385 e. The van der Waals surface area contributed by atoms with Crippen LogP contribution in [-0.2, 0) is 17.7 Å². The monoisotopic (exact) mass is 221 g/mol. The SMILES string of the molecule is COCCC(C)c1ncnc2c1CNCC2. The van der Waals surface area contributed by atoms with Crippen molar-refractivity contribution < 1.29 is 4.74 Å². The molecule has 4 heteroatoms. The van der Waals surface area contributed by atoms with E-state index in [4.69, 9.17) is 4.74 Å². The summed E-state index contributed by atoms with van der Waals surface area (Å²) in [5.41, 5.74) is 3.71. The van der Waals surface area contributed by atoms with Gasteiger partial charge in [-0.15, -0.1) is 0 Å². The second-order valence-electron chi connectivity index (χ2n) is 4.29. The van der Waals surface area contributed by atoms with Crippen LogP contribution in [0.5, 0.6) is 0 Å². The van der Waals surface area contributed by atoms with Gasteiger partial charge in [0.2, 0.25) is 0 Å². The maximum Gasteiger partial charge on any atom is 0.115 e. The highest BCUT2D eigenvalue weighted by Crippen LogP contribution is 2.23. The number of hydrogen-bond acceptors (Lipinski definition) is 4. The van der Waals surface area contributed by atoms with Crippen LogP contribution in [0.25, 0.3) is 0 Å². The van der Waals surface area contributed by atoms with E-state index < -0.39 is 0 Å². The highest BCUT2D eigenvalue weighted by Gasteiger charge is 2.18. The van der Waals surface area contributed by atoms with Crippen LogP contribution in [0.2, 0.25) is 0 Å². The van der Waals surface area contributed by atoms with E-state index in [-0.39, 0.29) is 0 Å². The Morgan fingerprint density at radius 1 is 1.50 bits per heavy atom. The van der Waals surface area contributed by atoms with Gasteiger partial charge < -0.3 is 10.1 Å². The third-order valence-electron chi connectivity index (χ3n) is 3.13. The van der Waals surface area contributed by atoms with Crippen LogP contribution in [-0.4, -0.2) is 30.2 Å². The van der Waals surface area contributed by atoms with Crippen molar-refractivity contribution in [1.29, 1.82) is 0 Å². The Morgan fingerprint density at radius 3 is 3.19 bits per heavy atom. The molecule has 0 radical (unpaired) electrons. The van der Waals surface area contributed by atoms with E-state index in [0.717, 1.165) is 32.5 Å². The van der Waals surface area contributed by atoms with E-state index in [0.29, 0.717) is 5.92 Å². The molecule has 0 spiro atoms. The van der Waals surface area contributed by atoms with Crippen molar-refractivity contribution in [3.05, 3.63) is 23.3 Å². The lowest BCUT2D eigenvalue weighted by Gasteiger charge is -2.21. The van der Waals surface area contributed by atoms with Gasteiger partial charge in [0.15, 0.2) is 0 Å². The molecule has 1 aromatic heterocycles. The molecule has 0 aromatic carbocycles. The van der Waals surface area contributed by atoms with E-state index in [9.17, 15) is 0 Å². The third kappa shape index (κ3) is 2.39. The van der Waals surface area contributed by atoms with E-state index in [2.05, 4.69) is 22.2 Å². The summed E-state index contributed by atoms with van der Waals surface area (Å²) in [4.78, 5) is 8.80. The molecule has 0 amide bonds. The van der Waals surface area contributed by atoms with Crippen molar-refractivity contribution in [3.8, 4) is 0 Å². The lowest BCUT2D eigenvalue weighted by atomic mass is 9.95. The molecular formula is C12H19N3O. The first-order valence-electron chi connectivity index (χ1n) is 5.85. The zero-order valence-electron chi connectivity index (χ0n) is 9.99. The Bertz CT molecular complexity index is 354. The lowest BCUT2D eigenvalue weighted by molar-refractivity contribution is 0.188. The molecule has 4 nitrogen and oxygen atoms in total. The third-order valence-corrected chi connectivity index (χ3v) is 3.13. The normalized spacial score (nSPS) is 16.9. The summed E-state index contributed by atoms with van der Waals surface area (Å²) in [7, 11) is 1.74. The van der Waals surface area contributed by atoms with Gasteiger partial charge in [0.1, 0.15) is 6.33 Å². The Morgan fingerprint density at radius 2 is 2.38 bits per heavy atom. The van der Waals surface area contributed by atoms with Gasteiger partial charge in [-0.3, -0.25) is 0 Å². The lowest BCUT2D eigenvalue weighted by Crippen LogP contribution is -2.27. The average Bonchev–Trinajstić information content (AvgIpc) is 2.35. The van der Waals surface area contributed by atoms with Crippen molar-refractivity contribution in [3.63, 3.8) is 0 Å². The molecule has 0 saturated carbocycles. The first-order chi connectivity index (χ1) is 7.83. The summed E-state index contributed by atoms with van der Waals surface area (Å²) < 4.78 is 5.12. The van der Waals surface area contributed by atoms with Crippen LogP contribution in [0, 0.1) is 0 Å². The molecule has 0 fully saturated rings. The first kappa shape index (κ1) is 11.5. The maximum atomic E-state index is 5.12. The smallest absolute Gasteiger partial charge is 0.115 e. The molecule has 88 valence electrons. The quantitative estimate of drug-likeness (QED) is 0.831. The van der Waals surface area contributed by atoms with Crippen molar-refractivity contribution in [2.45, 2.75) is 32.2 Å². The number of methoxy groups -OCH3 is 1. The van der Waals surface area contributed by atoms with Crippen LogP contribution >= 0.6 is 0 Å². The predicted molar refractivity (Wildman–Crippen MR) is 62.4 cm³/mol. The molecule has 1 aliphatic heterocycles. The van der Waals surface area contributed by atoms with E-state index in [1.165, 1.54) is 17.0 Å². The molecule has 1 atom stereocenters. The largest absolute Gasteiger partial charge is 0.385 e. The summed E-state index contributed by atoms with van der Waals surface area (Å²) in [5, 5.41) is 3.38. The second kappa shape index (κ2) is 5.37. The fourth-order valence-corrected chi connectivity index (χ4v) is 2.15. The van der Waals surface area contributed by atoms with Gasteiger partial charge >= 0.3 is 0 Å². The topological polar surface area (TPSA) is 47.0 Å². The van der Waals surface area contributed by atoms with Crippen LogP contribution in [0.4, 0.5) is 0 Å². The summed E-state index contributed by atoms with van der Waals surface area (Å²) in [6, 6.07) is 0. The van der Waals surface area contributed by atoms with Gasteiger partial charge in [0, 0.05) is 50.4 Å². The summed E-state index contributed by atoms with van der Waals surface area (Å²) >= 11 is 0. The summed E-state index contributed by atoms with van der Waals surface area (Å²) in [6.07, 6.45) is 3.73. The van der Waals surface area contributed by atoms with Crippen molar-refractivity contribution in [1.82, 2.24) is 15.3 Å². The Balaban J connectivity index is 2.19. The average molecular weight is 221 g/mol. The van der Waals surface area contributed by atoms with Crippen molar-refractivity contribution >= 4 is 0 Å². The highest BCUT2D eigenvalue weighted by atomic mass is 16.5. The van der Waals surface area contributed by atoms with Crippen LogP contribution in [0.3, 0.4) is 0 Å². The van der Waals surface area contributed by atoms with Gasteiger partial charge in [0.05, 0.1) is 5.69 Å². The fourth-order valence-electron chi connectivity index (χ4n) is 2.15. The predicted octanol–water partition coefficient (Wildman–Crippen LogP) is 1.26. The molecule has 1 aromatic rings. The molecule has 0 saturated heterocycles. The van der Waals surface area contributed by atoms with E-state index in [1.54, 1.807) is 13.4 Å². The molecule has 2 heterocycles. The number of fused-ring (bicyclic) bond motifs is 1. The number of nitrogens with one attached hydrogen (secondary N) is 1. The fraction of sp³-hybridized carbons (Fsp3) is 0.667. The molecule has 1 N–H and O–H groups in total. The standard InChI is InChI=1S/C12H19N3O/c1-9(4-6-16-2)12-10-7-13-5-3-11(10)14-8-15-12/h8-9,13H,3-7H2,1-2H3. The molecule has 1 aliphatic rings. The Hall–Kier alpha value is -1.00. The number of aromatic nitrogens is 2. The van der Waals surface area contributed by atoms with E-state index >= 15 is 0 Å². The number of hydrogen-bond donors (Lipinski definition) is 1. The van der Waals surface area contributed by atoms with Crippen molar-refractivity contribution in [2.75, 3.05) is 20.3 Å².